The summed E-state index contributed by atoms with van der Waals surface area (Å²) in [5.41, 5.74) is -2.75. The molecule has 2 aliphatic heterocycles. The lowest BCUT2D eigenvalue weighted by Crippen LogP contribution is -2.56. The molecule has 5 aromatic rings. The Morgan fingerprint density at radius 3 is 1.94 bits per heavy atom. The quantitative estimate of drug-likeness (QED) is 0.0749. The zero-order chi connectivity index (χ0) is 36.6. The first-order chi connectivity index (χ1) is 25.2. The van der Waals surface area contributed by atoms with E-state index in [1.165, 1.54) is 48.4 Å². The van der Waals surface area contributed by atoms with E-state index in [1.54, 1.807) is 97.1 Å². The first-order valence-corrected chi connectivity index (χ1v) is 16.5. The molecule has 52 heavy (non-hydrogen) atoms. The smallest absolute Gasteiger partial charge is 0.300 e. The predicted molar refractivity (Wildman–Crippen MR) is 195 cm³/mol. The maximum absolute atomic E-state index is 15.8. The summed E-state index contributed by atoms with van der Waals surface area (Å²) in [5.74, 6) is -4.23. The summed E-state index contributed by atoms with van der Waals surface area (Å²) >= 11 is 0. The average Bonchev–Trinajstić information content (AvgIpc) is 3.57. The number of rotatable bonds is 9. The van der Waals surface area contributed by atoms with Crippen molar-refractivity contribution in [3.05, 3.63) is 161 Å². The lowest BCUT2D eigenvalue weighted by molar-refractivity contribution is -0.132. The summed E-state index contributed by atoms with van der Waals surface area (Å²) in [5, 5.41) is 23.4. The number of phenols is 1. The summed E-state index contributed by atoms with van der Waals surface area (Å²) in [4.78, 5) is 62.2. The summed E-state index contributed by atoms with van der Waals surface area (Å²) < 4.78 is 10.9. The Kier molecular flexibility index (Phi) is 8.65. The number of anilines is 2. The number of phenolic OH excluding ortho intramolecular Hbond substituents is 1. The Morgan fingerprint density at radius 2 is 1.33 bits per heavy atom. The van der Waals surface area contributed by atoms with Crippen LogP contribution in [0.2, 0.25) is 0 Å². The number of Topliss-reactive ketones (excluding diaryl/α,β-unsaturated/α-hetero) is 2. The highest BCUT2D eigenvalue weighted by atomic mass is 16.5. The van der Waals surface area contributed by atoms with E-state index in [-0.39, 0.29) is 33.8 Å². The molecule has 1 spiro atoms. The number of nitrogens with zero attached hydrogens (tertiary/aromatic N) is 2. The second-order valence-electron chi connectivity index (χ2n) is 12.0. The van der Waals surface area contributed by atoms with Crippen LogP contribution in [-0.2, 0) is 14.4 Å². The van der Waals surface area contributed by atoms with Crippen molar-refractivity contribution in [2.45, 2.75) is 12.5 Å². The number of amides is 2. The van der Waals surface area contributed by atoms with Crippen LogP contribution in [0.3, 0.4) is 0 Å². The number of methoxy groups -OCH3 is 1. The van der Waals surface area contributed by atoms with Gasteiger partial charge in [-0.3, -0.25) is 29.0 Å². The number of hydrogen-bond donors (Lipinski definition) is 2. The Labute approximate surface area is 299 Å². The van der Waals surface area contributed by atoms with Crippen LogP contribution < -0.4 is 19.3 Å². The zero-order valence-electron chi connectivity index (χ0n) is 28.1. The number of ketones is 2. The molecule has 258 valence electrons. The molecule has 0 aromatic heterocycles. The molecule has 0 saturated carbocycles. The summed E-state index contributed by atoms with van der Waals surface area (Å²) in [7, 11) is 1.47. The first kappa shape index (κ1) is 33.6. The van der Waals surface area contributed by atoms with Gasteiger partial charge in [-0.25, -0.2) is 0 Å². The number of aliphatic hydroxyl groups excluding tert-OH is 1. The van der Waals surface area contributed by atoms with Gasteiger partial charge < -0.3 is 19.7 Å². The number of ether oxygens (including phenoxy) is 2. The van der Waals surface area contributed by atoms with Crippen LogP contribution in [0, 0.1) is 0 Å². The largest absolute Gasteiger partial charge is 0.507 e. The second kappa shape index (κ2) is 13.4. The fourth-order valence-electron chi connectivity index (χ4n) is 6.82. The number of hydrogen-bond acceptors (Lipinski definition) is 8. The van der Waals surface area contributed by atoms with Crippen molar-refractivity contribution in [3.63, 3.8) is 0 Å². The van der Waals surface area contributed by atoms with Crippen molar-refractivity contribution >= 4 is 46.2 Å². The molecule has 0 radical (unpaired) electrons. The lowest BCUT2D eigenvalue weighted by Gasteiger charge is -2.36. The summed E-state index contributed by atoms with van der Waals surface area (Å²) in [6.45, 7) is 2.23. The molecule has 2 heterocycles. The van der Waals surface area contributed by atoms with E-state index in [9.17, 15) is 19.8 Å². The first-order valence-electron chi connectivity index (χ1n) is 16.5. The highest BCUT2D eigenvalue weighted by molar-refractivity contribution is 6.57. The Hall–Kier alpha value is -6.94. The van der Waals surface area contributed by atoms with Crippen molar-refractivity contribution in [1.29, 1.82) is 0 Å². The minimum absolute atomic E-state index is 0.0755. The molecule has 0 bridgehead atoms. The maximum Gasteiger partial charge on any atom is 0.300 e. The molecule has 5 aromatic carbocycles. The fraction of sp³-hybridized carbons (Fsp3) is 0.0952. The topological polar surface area (TPSA) is 134 Å². The molecule has 1 fully saturated rings. The molecule has 1 atom stereocenters. The highest BCUT2D eigenvalue weighted by Crippen LogP contribution is 2.55. The van der Waals surface area contributed by atoms with Gasteiger partial charge in [0.25, 0.3) is 11.7 Å². The monoisotopic (exact) mass is 692 g/mol. The van der Waals surface area contributed by atoms with E-state index in [1.807, 2.05) is 6.92 Å². The van der Waals surface area contributed by atoms with Gasteiger partial charge in [0.15, 0.2) is 11.3 Å². The van der Waals surface area contributed by atoms with Crippen LogP contribution in [0.25, 0.3) is 11.5 Å². The highest BCUT2D eigenvalue weighted by Gasteiger charge is 2.70. The van der Waals surface area contributed by atoms with Gasteiger partial charge in [0.05, 0.1) is 36.2 Å². The molecule has 2 N–H and O–H groups in total. The van der Waals surface area contributed by atoms with E-state index in [0.717, 1.165) is 4.90 Å². The van der Waals surface area contributed by atoms with Gasteiger partial charge in [0.2, 0.25) is 0 Å². The zero-order valence-corrected chi connectivity index (χ0v) is 28.1. The average molecular weight is 693 g/mol. The molecular weight excluding hydrogens is 660 g/mol. The van der Waals surface area contributed by atoms with Gasteiger partial charge in [-0.05, 0) is 73.2 Å². The van der Waals surface area contributed by atoms with Crippen molar-refractivity contribution in [3.8, 4) is 17.2 Å². The maximum atomic E-state index is 15.8. The van der Waals surface area contributed by atoms with E-state index < -0.39 is 46.0 Å². The molecular formula is C42H32N2O8. The van der Waals surface area contributed by atoms with E-state index >= 15 is 9.59 Å². The van der Waals surface area contributed by atoms with E-state index in [0.29, 0.717) is 23.7 Å². The van der Waals surface area contributed by atoms with Crippen LogP contribution >= 0.6 is 0 Å². The van der Waals surface area contributed by atoms with Gasteiger partial charge in [-0.2, -0.15) is 0 Å². The predicted octanol–water partition coefficient (Wildman–Crippen LogP) is 6.76. The van der Waals surface area contributed by atoms with Gasteiger partial charge in [-0.1, -0.05) is 72.8 Å². The summed E-state index contributed by atoms with van der Waals surface area (Å²) in [6, 6.07) is 35.1. The van der Waals surface area contributed by atoms with Gasteiger partial charge in [-0.15, -0.1) is 0 Å². The Morgan fingerprint density at radius 1 is 0.731 bits per heavy atom. The number of para-hydroxylation sites is 2. The Balaban J connectivity index is 1.67. The minimum Gasteiger partial charge on any atom is -0.507 e. The molecule has 2 aliphatic rings. The third-order valence-electron chi connectivity index (χ3n) is 9.10. The lowest BCUT2D eigenvalue weighted by atomic mass is 9.77. The van der Waals surface area contributed by atoms with Gasteiger partial charge in [0.1, 0.15) is 23.0 Å². The number of carbonyl (C=O) groups is 4. The van der Waals surface area contributed by atoms with Crippen molar-refractivity contribution in [2.24, 2.45) is 0 Å². The summed E-state index contributed by atoms with van der Waals surface area (Å²) in [6.07, 6.45) is 0. The van der Waals surface area contributed by atoms with Crippen molar-refractivity contribution in [2.75, 3.05) is 23.5 Å². The number of aromatic hydroxyl groups is 1. The minimum atomic E-state index is -2.62. The molecule has 0 aliphatic carbocycles. The standard InChI is InChI=1S/C42H32N2O8/c1-3-52-31-24-20-29(21-25-31)43-36(26-12-6-4-7-13-26)34(37(46)27-14-8-5-9-15-27)42(41(43)50)35(38(47)28-18-22-30(51-2)23-19-28)39(48)40(49)44(42)32-16-10-11-17-33(32)45/h4-25,45,47H,3H2,1-2H3/b38-35-. The molecule has 2 amide bonds. The second-order valence-corrected chi connectivity index (χ2v) is 12.0. The number of benzene rings is 5. The normalized spacial score (nSPS) is 18.0. The van der Waals surface area contributed by atoms with Crippen molar-refractivity contribution in [1.82, 2.24) is 0 Å². The third kappa shape index (κ3) is 5.20. The SMILES string of the molecule is CCOc1ccc(N2C(=O)C3(C(C(=O)c4ccccc4)=C2c2ccccc2)/C(=C(\O)c2ccc(OC)cc2)C(=O)C(=O)N3c2ccccc2O)cc1. The van der Waals surface area contributed by atoms with Crippen LogP contribution in [0.4, 0.5) is 11.4 Å². The van der Waals surface area contributed by atoms with Crippen LogP contribution in [0.1, 0.15) is 28.4 Å². The van der Waals surface area contributed by atoms with E-state index in [2.05, 4.69) is 0 Å². The van der Waals surface area contributed by atoms with Crippen LogP contribution in [0.15, 0.2) is 145 Å². The van der Waals surface area contributed by atoms with Crippen LogP contribution in [0.5, 0.6) is 17.2 Å². The molecule has 1 unspecified atom stereocenters. The third-order valence-corrected chi connectivity index (χ3v) is 9.10. The number of aliphatic hydroxyl groups is 1. The van der Waals surface area contributed by atoms with Crippen LogP contribution in [-0.4, -0.2) is 52.8 Å². The molecule has 7 rings (SSSR count). The molecule has 1 saturated heterocycles. The number of carbonyl (C=O) groups excluding carboxylic acids is 4. The Bertz CT molecular complexity index is 2280. The molecule has 10 heteroatoms. The van der Waals surface area contributed by atoms with Gasteiger partial charge in [0, 0.05) is 16.8 Å². The van der Waals surface area contributed by atoms with E-state index in [4.69, 9.17) is 9.47 Å². The fourth-order valence-corrected chi connectivity index (χ4v) is 6.82. The molecule has 10 nitrogen and oxygen atoms in total. The van der Waals surface area contributed by atoms with Crippen molar-refractivity contribution < 1.29 is 38.9 Å². The van der Waals surface area contributed by atoms with Gasteiger partial charge >= 0.3 is 5.91 Å².